The maximum absolute atomic E-state index is 12.2. The number of para-hydroxylation sites is 1. The fraction of sp³-hybridized carbons (Fsp3) is 0.217. The van der Waals surface area contributed by atoms with Crippen LogP contribution in [0, 0.1) is 6.92 Å². The molecule has 0 bridgehead atoms. The zero-order valence-corrected chi connectivity index (χ0v) is 18.1. The zero-order valence-electron chi connectivity index (χ0n) is 17.3. The number of carbonyl (C=O) groups is 3. The standard InChI is InChI=1S/C23H23N3O4S/c1-16-8-6-7-11-20(16)22(29)24-13-12-21(28)30-14-18-15-31-23(25-18)26(17(2)27)19-9-4-3-5-10-19/h3-11,15H,12-14H2,1-2H3,(H,24,29). The van der Waals surface area contributed by atoms with Crippen LogP contribution < -0.4 is 10.2 Å². The Hall–Kier alpha value is -3.52. The van der Waals surface area contributed by atoms with Gasteiger partial charge in [-0.3, -0.25) is 19.3 Å². The van der Waals surface area contributed by atoms with Crippen LogP contribution in [0.15, 0.2) is 60.0 Å². The molecule has 0 unspecified atom stereocenters. The van der Waals surface area contributed by atoms with E-state index in [0.29, 0.717) is 16.4 Å². The summed E-state index contributed by atoms with van der Waals surface area (Å²) in [5.74, 6) is -0.820. The minimum absolute atomic E-state index is 0.00159. The summed E-state index contributed by atoms with van der Waals surface area (Å²) in [5, 5.41) is 4.98. The molecule has 1 heterocycles. The minimum atomic E-state index is -0.439. The Morgan fingerprint density at radius 3 is 2.48 bits per heavy atom. The van der Waals surface area contributed by atoms with Crippen molar-refractivity contribution in [3.8, 4) is 0 Å². The number of aryl methyl sites for hydroxylation is 1. The number of carbonyl (C=O) groups excluding carboxylic acids is 3. The van der Waals surface area contributed by atoms with Gasteiger partial charge in [-0.05, 0) is 30.7 Å². The maximum Gasteiger partial charge on any atom is 0.307 e. The lowest BCUT2D eigenvalue weighted by molar-refractivity contribution is -0.144. The van der Waals surface area contributed by atoms with Gasteiger partial charge in [0.25, 0.3) is 5.91 Å². The lowest BCUT2D eigenvalue weighted by Gasteiger charge is -2.17. The first-order valence-corrected chi connectivity index (χ1v) is 10.6. The summed E-state index contributed by atoms with van der Waals surface area (Å²) in [4.78, 5) is 42.2. The normalized spacial score (nSPS) is 10.4. The van der Waals surface area contributed by atoms with Crippen LogP contribution in [0.1, 0.15) is 35.0 Å². The van der Waals surface area contributed by atoms with E-state index in [1.54, 1.807) is 17.5 Å². The summed E-state index contributed by atoms with van der Waals surface area (Å²) in [5.41, 5.74) is 2.73. The van der Waals surface area contributed by atoms with Crippen molar-refractivity contribution in [2.24, 2.45) is 0 Å². The van der Waals surface area contributed by atoms with Crippen molar-refractivity contribution >= 4 is 39.9 Å². The number of amides is 2. The quantitative estimate of drug-likeness (QED) is 0.538. The highest BCUT2D eigenvalue weighted by Gasteiger charge is 2.18. The van der Waals surface area contributed by atoms with Gasteiger partial charge in [0, 0.05) is 24.4 Å². The van der Waals surface area contributed by atoms with Crippen LogP contribution in [0.4, 0.5) is 10.8 Å². The number of thiazole rings is 1. The van der Waals surface area contributed by atoms with E-state index in [0.717, 1.165) is 11.3 Å². The Morgan fingerprint density at radius 1 is 1.06 bits per heavy atom. The van der Waals surface area contributed by atoms with E-state index in [1.807, 2.05) is 49.4 Å². The molecule has 3 rings (SSSR count). The van der Waals surface area contributed by atoms with Gasteiger partial charge in [-0.25, -0.2) is 4.98 Å². The van der Waals surface area contributed by atoms with Crippen LogP contribution >= 0.6 is 11.3 Å². The molecular formula is C23H23N3O4S. The fourth-order valence-electron chi connectivity index (χ4n) is 2.90. The van der Waals surface area contributed by atoms with Crippen molar-refractivity contribution in [3.63, 3.8) is 0 Å². The molecule has 0 radical (unpaired) electrons. The second-order valence-corrected chi connectivity index (χ2v) is 7.63. The molecule has 0 atom stereocenters. The Balaban J connectivity index is 1.49. The van der Waals surface area contributed by atoms with E-state index in [1.165, 1.54) is 23.2 Å². The van der Waals surface area contributed by atoms with E-state index in [2.05, 4.69) is 10.3 Å². The molecule has 0 aliphatic heterocycles. The number of nitrogens with zero attached hydrogens (tertiary/aromatic N) is 2. The van der Waals surface area contributed by atoms with E-state index in [9.17, 15) is 14.4 Å². The summed E-state index contributed by atoms with van der Waals surface area (Å²) >= 11 is 1.30. The molecule has 160 valence electrons. The number of esters is 1. The third-order valence-corrected chi connectivity index (χ3v) is 5.32. The van der Waals surface area contributed by atoms with Gasteiger partial charge in [0.2, 0.25) is 5.91 Å². The molecule has 1 aromatic heterocycles. The van der Waals surface area contributed by atoms with Crippen molar-refractivity contribution < 1.29 is 19.1 Å². The molecule has 0 aliphatic carbocycles. The topological polar surface area (TPSA) is 88.6 Å². The molecule has 3 aromatic rings. The number of hydrogen-bond acceptors (Lipinski definition) is 6. The fourth-order valence-corrected chi connectivity index (χ4v) is 3.77. The van der Waals surface area contributed by atoms with Gasteiger partial charge in [-0.1, -0.05) is 36.4 Å². The highest BCUT2D eigenvalue weighted by molar-refractivity contribution is 7.14. The van der Waals surface area contributed by atoms with E-state index in [4.69, 9.17) is 4.74 Å². The van der Waals surface area contributed by atoms with Crippen LogP contribution in [-0.4, -0.2) is 29.3 Å². The third kappa shape index (κ3) is 5.99. The smallest absolute Gasteiger partial charge is 0.307 e. The summed E-state index contributed by atoms with van der Waals surface area (Å²) < 4.78 is 5.25. The van der Waals surface area contributed by atoms with Gasteiger partial charge in [-0.2, -0.15) is 0 Å². The average Bonchev–Trinajstić information content (AvgIpc) is 3.21. The first kappa shape index (κ1) is 22.2. The number of rotatable bonds is 8. The second kappa shape index (κ2) is 10.5. The summed E-state index contributed by atoms with van der Waals surface area (Å²) in [6.45, 7) is 3.51. The van der Waals surface area contributed by atoms with Crippen LogP contribution in [-0.2, 0) is 20.9 Å². The molecule has 1 N–H and O–H groups in total. The monoisotopic (exact) mass is 437 g/mol. The molecule has 0 saturated heterocycles. The van der Waals surface area contributed by atoms with Crippen LogP contribution in [0.3, 0.4) is 0 Å². The Labute approximate surface area is 184 Å². The van der Waals surface area contributed by atoms with Gasteiger partial charge in [0.05, 0.1) is 17.8 Å². The number of nitrogens with one attached hydrogen (secondary N) is 1. The van der Waals surface area contributed by atoms with Crippen molar-refractivity contribution in [3.05, 3.63) is 76.8 Å². The second-order valence-electron chi connectivity index (χ2n) is 6.79. The van der Waals surface area contributed by atoms with Crippen LogP contribution in [0.2, 0.25) is 0 Å². The van der Waals surface area contributed by atoms with Crippen LogP contribution in [0.5, 0.6) is 0 Å². The maximum atomic E-state index is 12.2. The first-order valence-electron chi connectivity index (χ1n) is 9.75. The van der Waals surface area contributed by atoms with Crippen molar-refractivity contribution in [2.75, 3.05) is 11.4 Å². The largest absolute Gasteiger partial charge is 0.459 e. The molecule has 2 amide bonds. The van der Waals surface area contributed by atoms with Gasteiger partial charge >= 0.3 is 5.97 Å². The Kier molecular flexibility index (Phi) is 7.50. The SMILES string of the molecule is CC(=O)N(c1ccccc1)c1nc(COC(=O)CCNC(=O)c2ccccc2C)cs1. The number of benzene rings is 2. The average molecular weight is 438 g/mol. The lowest BCUT2D eigenvalue weighted by atomic mass is 10.1. The third-order valence-electron chi connectivity index (χ3n) is 4.45. The van der Waals surface area contributed by atoms with Crippen molar-refractivity contribution in [2.45, 2.75) is 26.9 Å². The molecule has 8 heteroatoms. The molecule has 0 aliphatic rings. The molecule has 0 saturated carbocycles. The first-order chi connectivity index (χ1) is 15.0. The number of ether oxygens (including phenoxy) is 1. The van der Waals surface area contributed by atoms with Crippen molar-refractivity contribution in [1.29, 1.82) is 0 Å². The molecule has 2 aromatic carbocycles. The summed E-state index contributed by atoms with van der Waals surface area (Å²) in [6, 6.07) is 16.5. The lowest BCUT2D eigenvalue weighted by Crippen LogP contribution is -2.27. The highest BCUT2D eigenvalue weighted by atomic mass is 32.1. The highest BCUT2D eigenvalue weighted by Crippen LogP contribution is 2.28. The molecule has 31 heavy (non-hydrogen) atoms. The molecule has 0 spiro atoms. The van der Waals surface area contributed by atoms with E-state index >= 15 is 0 Å². The Morgan fingerprint density at radius 2 is 1.77 bits per heavy atom. The van der Waals surface area contributed by atoms with Gasteiger partial charge in [-0.15, -0.1) is 11.3 Å². The van der Waals surface area contributed by atoms with E-state index in [-0.39, 0.29) is 31.4 Å². The summed E-state index contributed by atoms with van der Waals surface area (Å²) in [6.07, 6.45) is 0.0538. The Bertz CT molecular complexity index is 1070. The van der Waals surface area contributed by atoms with E-state index < -0.39 is 5.97 Å². The van der Waals surface area contributed by atoms with Crippen LogP contribution in [0.25, 0.3) is 0 Å². The zero-order chi connectivity index (χ0) is 22.2. The van der Waals surface area contributed by atoms with Crippen molar-refractivity contribution in [1.82, 2.24) is 10.3 Å². The minimum Gasteiger partial charge on any atom is -0.459 e. The predicted molar refractivity (Wildman–Crippen MR) is 119 cm³/mol. The predicted octanol–water partition coefficient (Wildman–Crippen LogP) is 4.00. The number of anilines is 2. The number of aromatic nitrogens is 1. The van der Waals surface area contributed by atoms with Gasteiger partial charge in [0.15, 0.2) is 5.13 Å². The number of hydrogen-bond donors (Lipinski definition) is 1. The van der Waals surface area contributed by atoms with Gasteiger partial charge < -0.3 is 10.1 Å². The molecular weight excluding hydrogens is 414 g/mol. The molecule has 7 nitrogen and oxygen atoms in total. The van der Waals surface area contributed by atoms with Gasteiger partial charge in [0.1, 0.15) is 6.61 Å². The summed E-state index contributed by atoms with van der Waals surface area (Å²) in [7, 11) is 0. The molecule has 0 fully saturated rings.